The predicted octanol–water partition coefficient (Wildman–Crippen LogP) is 10.4. The van der Waals surface area contributed by atoms with Gasteiger partial charge in [0.05, 0.1) is 18.1 Å². The molecule has 3 unspecified atom stereocenters. The van der Waals surface area contributed by atoms with Gasteiger partial charge in [-0.2, -0.15) is 0 Å². The minimum Gasteiger partial charge on any atom is -0.493 e. The van der Waals surface area contributed by atoms with Gasteiger partial charge >= 0.3 is 0 Å². The fourth-order valence-electron chi connectivity index (χ4n) is 6.10. The minimum atomic E-state index is -2.40. The lowest BCUT2D eigenvalue weighted by Crippen LogP contribution is -2.40. The number of benzene rings is 3. The summed E-state index contributed by atoms with van der Waals surface area (Å²) in [6, 6.07) is 20.6. The van der Waals surface area contributed by atoms with E-state index in [-0.39, 0.29) is 49.5 Å². The van der Waals surface area contributed by atoms with Crippen molar-refractivity contribution in [3.8, 4) is 11.5 Å². The first-order valence-electron chi connectivity index (χ1n) is 20.0. The van der Waals surface area contributed by atoms with Crippen LogP contribution in [0.1, 0.15) is 141 Å². The van der Waals surface area contributed by atoms with Gasteiger partial charge in [-0.1, -0.05) is 120 Å². The molecule has 0 aliphatic carbocycles. The fraction of sp³-hybridized carbons (Fsp3) is 0.565. The zero-order chi connectivity index (χ0) is 41.2. The van der Waals surface area contributed by atoms with Gasteiger partial charge < -0.3 is 24.7 Å². The van der Waals surface area contributed by atoms with E-state index in [4.69, 9.17) is 9.47 Å². The summed E-state index contributed by atoms with van der Waals surface area (Å²) in [5.74, 6) is 0.608. The van der Waals surface area contributed by atoms with Crippen LogP contribution in [0.25, 0.3) is 0 Å². The lowest BCUT2D eigenvalue weighted by Gasteiger charge is -2.34. The van der Waals surface area contributed by atoms with E-state index in [2.05, 4.69) is 118 Å². The van der Waals surface area contributed by atoms with Gasteiger partial charge in [0.1, 0.15) is 11.5 Å². The van der Waals surface area contributed by atoms with Gasteiger partial charge in [-0.3, -0.25) is 9.59 Å². The van der Waals surface area contributed by atoms with Gasteiger partial charge in [-0.05, 0) is 88.1 Å². The van der Waals surface area contributed by atoms with E-state index in [0.717, 1.165) is 37.2 Å². The van der Waals surface area contributed by atoms with E-state index in [1.807, 2.05) is 24.3 Å². The number of nitrogens with one attached hydrogen (secondary N) is 2. The topological polar surface area (TPSA) is 114 Å². The fourth-order valence-corrected chi connectivity index (χ4v) is 6.56. The highest BCUT2D eigenvalue weighted by Gasteiger charge is 2.31. The second kappa shape index (κ2) is 19.4. The number of rotatable bonds is 21. The molecule has 2 amide bonds. The summed E-state index contributed by atoms with van der Waals surface area (Å²) in [7, 11) is 0. The monoisotopic (exact) mass is 776 g/mol. The van der Waals surface area contributed by atoms with Crippen molar-refractivity contribution >= 4 is 22.9 Å². The molecule has 3 rings (SSSR count). The Labute approximate surface area is 334 Å². The molecule has 3 N–H and O–H groups in total. The maximum Gasteiger partial charge on any atom is 0.251 e. The van der Waals surface area contributed by atoms with Crippen molar-refractivity contribution in [1.29, 1.82) is 0 Å². The number of ether oxygens (including phenoxy) is 2. The minimum absolute atomic E-state index is 0.0234. The summed E-state index contributed by atoms with van der Waals surface area (Å²) in [4.78, 5) is 27.2. The van der Waals surface area contributed by atoms with Crippen molar-refractivity contribution in [3.05, 3.63) is 89.0 Å². The Morgan fingerprint density at radius 2 is 0.945 bits per heavy atom. The molecule has 0 aliphatic rings. The van der Waals surface area contributed by atoms with Crippen molar-refractivity contribution in [1.82, 2.24) is 10.6 Å². The van der Waals surface area contributed by atoms with E-state index >= 15 is 0 Å². The molecule has 0 radical (unpaired) electrons. The molecule has 0 spiro atoms. The maximum atomic E-state index is 13.6. The first kappa shape index (κ1) is 45.7. The van der Waals surface area contributed by atoms with Crippen LogP contribution in [0.5, 0.6) is 11.5 Å². The lowest BCUT2D eigenvalue weighted by atomic mass is 9.77. The molecule has 3 atom stereocenters. The maximum absolute atomic E-state index is 13.6. The Balaban J connectivity index is 1.73. The molecular formula is C46H68N2O6S. The molecule has 304 valence electrons. The predicted molar refractivity (Wildman–Crippen MR) is 226 cm³/mol. The standard InChI is InChI=1S/C46H68N2O6S/c1-13-43(5,6)34-17-21-38(22-18-34)53-30-36(45(9,10)15-3)28-47-41(49)32-25-33(27-40(26-32)55(51)52)42(50)48-29-37(46(11,12)16-4)31-54-39-23-19-35(20-24-39)44(7,8)14-2/h17-27,36-37H,13-16,28-31H2,1-12H3,(H,47,49)(H,48,50)(H,51,52). The summed E-state index contributed by atoms with van der Waals surface area (Å²) in [5, 5.41) is 6.04. The van der Waals surface area contributed by atoms with Crippen LogP contribution < -0.4 is 20.1 Å². The highest BCUT2D eigenvalue weighted by molar-refractivity contribution is 7.79. The Bertz CT molecular complexity index is 1610. The van der Waals surface area contributed by atoms with Crippen LogP contribution in [0.15, 0.2) is 71.6 Å². The van der Waals surface area contributed by atoms with Crippen molar-refractivity contribution in [3.63, 3.8) is 0 Å². The molecule has 0 saturated heterocycles. The third-order valence-corrected chi connectivity index (χ3v) is 13.3. The first-order chi connectivity index (χ1) is 25.7. The highest BCUT2D eigenvalue weighted by Crippen LogP contribution is 2.34. The SMILES string of the molecule is CCC(C)(C)c1ccc(OCC(CNC(=O)c2cc(C(=O)NCC(COc3ccc(C(C)(C)CC)cc3)C(C)(C)CC)cc(S(=O)O)c2)C(C)(C)CC)cc1. The Morgan fingerprint density at radius 1 is 0.600 bits per heavy atom. The van der Waals surface area contributed by atoms with E-state index in [9.17, 15) is 18.4 Å². The molecule has 55 heavy (non-hydrogen) atoms. The number of hydrogen-bond donors (Lipinski definition) is 3. The quantitative estimate of drug-likeness (QED) is 0.0929. The Kier molecular flexibility index (Phi) is 16.2. The van der Waals surface area contributed by atoms with Crippen LogP contribution >= 0.6 is 0 Å². The third kappa shape index (κ3) is 12.7. The molecule has 0 aliphatic heterocycles. The normalized spacial score (nSPS) is 14.1. The summed E-state index contributed by atoms with van der Waals surface area (Å²) in [6.45, 7) is 27.5. The molecule has 0 saturated carbocycles. The van der Waals surface area contributed by atoms with Crippen molar-refractivity contribution in [2.24, 2.45) is 22.7 Å². The largest absolute Gasteiger partial charge is 0.493 e. The Morgan fingerprint density at radius 3 is 1.24 bits per heavy atom. The van der Waals surface area contributed by atoms with Crippen LogP contribution in [0, 0.1) is 22.7 Å². The van der Waals surface area contributed by atoms with Crippen LogP contribution in [0.4, 0.5) is 0 Å². The average molecular weight is 777 g/mol. The molecule has 0 fully saturated rings. The van der Waals surface area contributed by atoms with Crippen LogP contribution in [-0.2, 0) is 21.9 Å². The first-order valence-corrected chi connectivity index (χ1v) is 21.1. The summed E-state index contributed by atoms with van der Waals surface area (Å²) in [6.07, 6.45) is 3.80. The molecular weight excluding hydrogens is 709 g/mol. The van der Waals surface area contributed by atoms with Gasteiger partial charge in [-0.15, -0.1) is 0 Å². The summed E-state index contributed by atoms with van der Waals surface area (Å²) in [5.41, 5.74) is 2.64. The zero-order valence-electron chi connectivity index (χ0n) is 35.6. The lowest BCUT2D eigenvalue weighted by molar-refractivity contribution is 0.0885. The van der Waals surface area contributed by atoms with Gasteiger partial charge in [0.25, 0.3) is 11.8 Å². The molecule has 0 aromatic heterocycles. The van der Waals surface area contributed by atoms with Crippen LogP contribution in [0.2, 0.25) is 0 Å². The smallest absolute Gasteiger partial charge is 0.251 e. The molecule has 3 aromatic carbocycles. The summed E-state index contributed by atoms with van der Waals surface area (Å²) < 4.78 is 34.8. The van der Waals surface area contributed by atoms with E-state index in [1.165, 1.54) is 29.3 Å². The van der Waals surface area contributed by atoms with E-state index in [0.29, 0.717) is 26.3 Å². The van der Waals surface area contributed by atoms with Gasteiger partial charge in [-0.25, -0.2) is 4.21 Å². The molecule has 9 heteroatoms. The van der Waals surface area contributed by atoms with Crippen molar-refractivity contribution in [2.75, 3.05) is 26.3 Å². The van der Waals surface area contributed by atoms with E-state index in [1.54, 1.807) is 0 Å². The van der Waals surface area contributed by atoms with Gasteiger partial charge in [0.2, 0.25) is 0 Å². The highest BCUT2D eigenvalue weighted by atomic mass is 32.2. The third-order valence-electron chi connectivity index (χ3n) is 12.6. The average Bonchev–Trinajstić information content (AvgIpc) is 3.17. The number of carbonyl (C=O) groups excluding carboxylic acids is 2. The molecule has 8 nitrogen and oxygen atoms in total. The van der Waals surface area contributed by atoms with Crippen LogP contribution in [0.3, 0.4) is 0 Å². The molecule has 0 heterocycles. The van der Waals surface area contributed by atoms with Crippen LogP contribution in [-0.4, -0.2) is 46.9 Å². The number of hydrogen-bond acceptors (Lipinski definition) is 5. The number of amides is 2. The van der Waals surface area contributed by atoms with Gasteiger partial charge in [0, 0.05) is 36.1 Å². The molecule has 0 bridgehead atoms. The number of carbonyl (C=O) groups is 2. The van der Waals surface area contributed by atoms with E-state index < -0.39 is 22.9 Å². The second-order valence-electron chi connectivity index (χ2n) is 17.6. The summed E-state index contributed by atoms with van der Waals surface area (Å²) >= 11 is -2.40. The van der Waals surface area contributed by atoms with Crippen molar-refractivity contribution in [2.45, 2.75) is 124 Å². The van der Waals surface area contributed by atoms with Crippen molar-refractivity contribution < 1.29 is 27.8 Å². The second-order valence-corrected chi connectivity index (χ2v) is 18.6. The van der Waals surface area contributed by atoms with Gasteiger partial charge in [0.15, 0.2) is 11.1 Å². The molecule has 3 aromatic rings. The zero-order valence-corrected chi connectivity index (χ0v) is 36.4. The Hall–Kier alpha value is -3.69.